The molecule has 0 amide bonds. The second-order valence-electron chi connectivity index (χ2n) is 5.70. The molecule has 0 bridgehead atoms. The van der Waals surface area contributed by atoms with Crippen molar-refractivity contribution in [3.8, 4) is 0 Å². The predicted molar refractivity (Wildman–Crippen MR) is 99.9 cm³/mol. The Kier molecular flexibility index (Phi) is 6.21. The number of hydrogen-bond acceptors (Lipinski definition) is 6. The number of hydrogen-bond donors (Lipinski definition) is 3. The van der Waals surface area contributed by atoms with Crippen LogP contribution in [0.4, 0.5) is 5.69 Å². The molecule has 3 rings (SSSR count). The van der Waals surface area contributed by atoms with E-state index in [0.29, 0.717) is 18.0 Å². The van der Waals surface area contributed by atoms with Gasteiger partial charge in [0.05, 0.1) is 5.75 Å². The van der Waals surface area contributed by atoms with E-state index in [-0.39, 0.29) is 6.42 Å². The van der Waals surface area contributed by atoms with Crippen molar-refractivity contribution in [3.63, 3.8) is 0 Å². The van der Waals surface area contributed by atoms with Crippen LogP contribution in [0.15, 0.2) is 53.4 Å². The molecule has 1 heterocycles. The van der Waals surface area contributed by atoms with E-state index in [9.17, 15) is 4.79 Å². The fourth-order valence-electron chi connectivity index (χ4n) is 2.34. The Morgan fingerprint density at radius 2 is 1.81 bits per heavy atom. The van der Waals surface area contributed by atoms with Crippen LogP contribution in [0.5, 0.6) is 0 Å². The van der Waals surface area contributed by atoms with E-state index >= 15 is 0 Å². The van der Waals surface area contributed by atoms with Crippen molar-refractivity contribution in [2.24, 2.45) is 0 Å². The van der Waals surface area contributed by atoms with Gasteiger partial charge in [-0.15, -0.1) is 22.0 Å². The number of carbonyl (C=O) groups is 1. The smallest absolute Gasteiger partial charge is 0.303 e. The van der Waals surface area contributed by atoms with Crippen molar-refractivity contribution in [2.45, 2.75) is 30.0 Å². The van der Waals surface area contributed by atoms with Crippen molar-refractivity contribution in [2.75, 3.05) is 5.32 Å². The summed E-state index contributed by atoms with van der Waals surface area (Å²) in [5.41, 5.74) is 3.23. The molecule has 0 unspecified atom stereocenters. The molecule has 0 saturated heterocycles. The van der Waals surface area contributed by atoms with Gasteiger partial charge in [0.1, 0.15) is 0 Å². The largest absolute Gasteiger partial charge is 0.481 e. The zero-order chi connectivity index (χ0) is 18.2. The summed E-state index contributed by atoms with van der Waals surface area (Å²) in [5, 5.41) is 25.9. The maximum atomic E-state index is 10.6. The van der Waals surface area contributed by atoms with Crippen LogP contribution >= 0.6 is 11.8 Å². The van der Waals surface area contributed by atoms with Crippen LogP contribution in [-0.4, -0.2) is 31.7 Å². The van der Waals surface area contributed by atoms with Gasteiger partial charge < -0.3 is 10.4 Å². The number of aliphatic carboxylic acids is 1. The fourth-order valence-corrected chi connectivity index (χ4v) is 3.09. The molecule has 26 heavy (non-hydrogen) atoms. The molecule has 0 aliphatic carbocycles. The molecule has 3 aromatic rings. The minimum atomic E-state index is -0.772. The lowest BCUT2D eigenvalue weighted by atomic mass is 10.1. The number of tetrazole rings is 1. The van der Waals surface area contributed by atoms with Crippen LogP contribution in [-0.2, 0) is 23.5 Å². The number of carboxylic acid groups (broad SMARTS) is 1. The Morgan fingerprint density at radius 3 is 2.46 bits per heavy atom. The molecule has 3 N–H and O–H groups in total. The number of anilines is 1. The molecule has 0 atom stereocenters. The molecule has 2 aromatic carbocycles. The van der Waals surface area contributed by atoms with Crippen LogP contribution in [0.2, 0.25) is 0 Å². The first-order chi connectivity index (χ1) is 12.7. The van der Waals surface area contributed by atoms with Gasteiger partial charge >= 0.3 is 5.97 Å². The zero-order valence-corrected chi connectivity index (χ0v) is 14.9. The first-order valence-corrected chi connectivity index (χ1v) is 9.16. The van der Waals surface area contributed by atoms with Gasteiger partial charge in [-0.05, 0) is 41.8 Å². The second kappa shape index (κ2) is 9.00. The van der Waals surface area contributed by atoms with E-state index in [1.807, 2.05) is 24.3 Å². The quantitative estimate of drug-likeness (QED) is 0.498. The maximum absolute atomic E-state index is 10.6. The lowest BCUT2D eigenvalue weighted by molar-refractivity contribution is -0.136. The summed E-state index contributed by atoms with van der Waals surface area (Å²) >= 11 is 1.66. The van der Waals surface area contributed by atoms with Gasteiger partial charge in [-0.3, -0.25) is 4.79 Å². The number of thioether (sulfide) groups is 1. The van der Waals surface area contributed by atoms with E-state index in [1.165, 1.54) is 5.56 Å². The molecule has 0 fully saturated rings. The molecule has 0 spiro atoms. The number of H-pyrrole nitrogens is 1. The lowest BCUT2D eigenvalue weighted by Gasteiger charge is -2.08. The minimum Gasteiger partial charge on any atom is -0.481 e. The van der Waals surface area contributed by atoms with Gasteiger partial charge in [0, 0.05) is 23.5 Å². The van der Waals surface area contributed by atoms with Gasteiger partial charge in [0.15, 0.2) is 5.82 Å². The number of nitrogens with one attached hydrogen (secondary N) is 2. The third-order valence-corrected chi connectivity index (χ3v) is 4.77. The number of aromatic amines is 1. The maximum Gasteiger partial charge on any atom is 0.303 e. The van der Waals surface area contributed by atoms with Crippen LogP contribution < -0.4 is 5.32 Å². The van der Waals surface area contributed by atoms with Crippen molar-refractivity contribution in [3.05, 3.63) is 65.5 Å². The summed E-state index contributed by atoms with van der Waals surface area (Å²) < 4.78 is 0. The standard InChI is InChI=1S/C18H19N5O2S/c24-18(25)10-5-13-1-6-15(7-2-13)19-11-14-3-8-16(9-4-14)26-12-17-20-22-23-21-17/h1-4,6-9,19H,5,10-12H2,(H,24,25)(H,20,21,22,23). The SMILES string of the molecule is O=C(O)CCc1ccc(NCc2ccc(SCc3nn[nH]n3)cc2)cc1. The number of benzene rings is 2. The highest BCUT2D eigenvalue weighted by Gasteiger charge is 2.02. The number of rotatable bonds is 9. The van der Waals surface area contributed by atoms with Gasteiger partial charge in [0.25, 0.3) is 0 Å². The lowest BCUT2D eigenvalue weighted by Crippen LogP contribution is -2.00. The fraction of sp³-hybridized carbons (Fsp3) is 0.222. The number of nitrogens with zero attached hydrogens (tertiary/aromatic N) is 3. The van der Waals surface area contributed by atoms with Crippen LogP contribution in [0.25, 0.3) is 0 Å². The second-order valence-corrected chi connectivity index (χ2v) is 6.75. The van der Waals surface area contributed by atoms with Crippen molar-refractivity contribution >= 4 is 23.4 Å². The number of aromatic nitrogens is 4. The Balaban J connectivity index is 1.46. The molecule has 8 heteroatoms. The van der Waals surface area contributed by atoms with E-state index in [0.717, 1.165) is 22.7 Å². The average molecular weight is 369 g/mol. The topological polar surface area (TPSA) is 104 Å². The van der Waals surface area contributed by atoms with E-state index in [2.05, 4.69) is 50.2 Å². The normalized spacial score (nSPS) is 10.6. The third kappa shape index (κ3) is 5.59. The van der Waals surface area contributed by atoms with E-state index < -0.39 is 5.97 Å². The number of aryl methyl sites for hydroxylation is 1. The van der Waals surface area contributed by atoms with Crippen molar-refractivity contribution < 1.29 is 9.90 Å². The summed E-state index contributed by atoms with van der Waals surface area (Å²) in [6.07, 6.45) is 0.711. The first kappa shape index (κ1) is 17.9. The molecule has 134 valence electrons. The Labute approximate surface area is 155 Å². The molecular weight excluding hydrogens is 350 g/mol. The molecule has 1 aromatic heterocycles. The van der Waals surface area contributed by atoms with E-state index in [1.54, 1.807) is 11.8 Å². The molecule has 0 radical (unpaired) electrons. The molecular formula is C18H19N5O2S. The summed E-state index contributed by atoms with van der Waals surface area (Å²) in [5.74, 6) is 0.598. The summed E-state index contributed by atoms with van der Waals surface area (Å²) in [6.45, 7) is 0.726. The van der Waals surface area contributed by atoms with E-state index in [4.69, 9.17) is 5.11 Å². The summed E-state index contributed by atoms with van der Waals surface area (Å²) in [7, 11) is 0. The van der Waals surface area contributed by atoms with Gasteiger partial charge in [0.2, 0.25) is 0 Å². The van der Waals surface area contributed by atoms with Crippen molar-refractivity contribution in [1.29, 1.82) is 0 Å². The summed E-state index contributed by atoms with van der Waals surface area (Å²) in [4.78, 5) is 11.8. The highest BCUT2D eigenvalue weighted by Crippen LogP contribution is 2.21. The van der Waals surface area contributed by atoms with Gasteiger partial charge in [-0.1, -0.05) is 29.5 Å². The van der Waals surface area contributed by atoms with Crippen LogP contribution in [0, 0.1) is 0 Å². The zero-order valence-electron chi connectivity index (χ0n) is 14.1. The highest BCUT2D eigenvalue weighted by atomic mass is 32.2. The Bertz CT molecular complexity index is 820. The van der Waals surface area contributed by atoms with Gasteiger partial charge in [-0.2, -0.15) is 5.21 Å². The Hall–Kier alpha value is -2.87. The van der Waals surface area contributed by atoms with Crippen LogP contribution in [0.1, 0.15) is 23.4 Å². The molecule has 0 aliphatic rings. The monoisotopic (exact) mass is 369 g/mol. The molecule has 7 nitrogen and oxygen atoms in total. The predicted octanol–water partition coefficient (Wildman–Crippen LogP) is 3.12. The first-order valence-electron chi connectivity index (χ1n) is 8.18. The molecule has 0 aliphatic heterocycles. The molecule has 0 saturated carbocycles. The third-order valence-electron chi connectivity index (χ3n) is 3.76. The van der Waals surface area contributed by atoms with Gasteiger partial charge in [-0.25, -0.2) is 0 Å². The average Bonchev–Trinajstić information content (AvgIpc) is 3.18. The highest BCUT2D eigenvalue weighted by molar-refractivity contribution is 7.98. The number of carboxylic acids is 1. The Morgan fingerprint density at radius 1 is 1.08 bits per heavy atom. The summed E-state index contributed by atoms with van der Waals surface area (Å²) in [6, 6.07) is 16.2. The van der Waals surface area contributed by atoms with Crippen LogP contribution in [0.3, 0.4) is 0 Å². The van der Waals surface area contributed by atoms with Crippen molar-refractivity contribution in [1.82, 2.24) is 20.6 Å². The minimum absolute atomic E-state index is 0.157.